The Labute approximate surface area is 93.2 Å². The number of hydrogen-bond donors (Lipinski definition) is 0. The molecule has 4 heteroatoms. The summed E-state index contributed by atoms with van der Waals surface area (Å²) >= 11 is 11.9. The Morgan fingerprint density at radius 3 is 2.07 bits per heavy atom. The average Bonchev–Trinajstić information content (AvgIpc) is 1.98. The smallest absolute Gasteiger partial charge is 0.222 e. The van der Waals surface area contributed by atoms with E-state index in [2.05, 4.69) is 4.98 Å². The van der Waals surface area contributed by atoms with Crippen LogP contribution in [0.25, 0.3) is 0 Å². The molecule has 0 saturated heterocycles. The van der Waals surface area contributed by atoms with E-state index in [0.29, 0.717) is 16.3 Å². The van der Waals surface area contributed by atoms with Gasteiger partial charge in [-0.1, -0.05) is 44.0 Å². The highest BCUT2D eigenvalue weighted by Crippen LogP contribution is 2.37. The van der Waals surface area contributed by atoms with Crippen molar-refractivity contribution in [3.8, 4) is 0 Å². The van der Waals surface area contributed by atoms with Crippen molar-refractivity contribution >= 4 is 23.2 Å². The van der Waals surface area contributed by atoms with Crippen LogP contribution in [0.3, 0.4) is 0 Å². The Bertz CT molecular complexity index is 343. The van der Waals surface area contributed by atoms with E-state index in [0.717, 1.165) is 0 Å². The Hall–Kier alpha value is -0.340. The standard InChI is InChI=1S/C10H12Cl2FN/c1-5-7(11)6(10(2,3)4)8(12)9(13)14-5/h1-4H3. The summed E-state index contributed by atoms with van der Waals surface area (Å²) in [5.41, 5.74) is 0.798. The van der Waals surface area contributed by atoms with Crippen LogP contribution in [0.1, 0.15) is 32.0 Å². The quantitative estimate of drug-likeness (QED) is 0.617. The fourth-order valence-electron chi connectivity index (χ4n) is 1.28. The first-order valence-corrected chi connectivity index (χ1v) is 5.02. The van der Waals surface area contributed by atoms with E-state index < -0.39 is 5.95 Å². The second-order valence-corrected chi connectivity index (χ2v) is 5.00. The Morgan fingerprint density at radius 1 is 1.14 bits per heavy atom. The molecule has 0 radical (unpaired) electrons. The van der Waals surface area contributed by atoms with Gasteiger partial charge in [-0.15, -0.1) is 0 Å². The largest absolute Gasteiger partial charge is 0.232 e. The molecule has 0 saturated carbocycles. The van der Waals surface area contributed by atoms with Gasteiger partial charge in [-0.3, -0.25) is 0 Å². The fourth-order valence-corrected chi connectivity index (χ4v) is 2.17. The number of nitrogens with zero attached hydrogens (tertiary/aromatic N) is 1. The van der Waals surface area contributed by atoms with Gasteiger partial charge in [0.2, 0.25) is 5.95 Å². The minimum atomic E-state index is -0.654. The van der Waals surface area contributed by atoms with E-state index in [4.69, 9.17) is 23.2 Å². The van der Waals surface area contributed by atoms with Gasteiger partial charge in [-0.25, -0.2) is 4.98 Å². The van der Waals surface area contributed by atoms with Crippen LogP contribution in [0.15, 0.2) is 0 Å². The minimum Gasteiger partial charge on any atom is -0.222 e. The molecular formula is C10H12Cl2FN. The van der Waals surface area contributed by atoms with Crippen LogP contribution in [-0.4, -0.2) is 4.98 Å². The SMILES string of the molecule is Cc1nc(F)c(Cl)c(C(C)(C)C)c1Cl. The Kier molecular flexibility index (Phi) is 3.07. The number of aryl methyl sites for hydroxylation is 1. The van der Waals surface area contributed by atoms with Crippen LogP contribution >= 0.6 is 23.2 Å². The van der Waals surface area contributed by atoms with Crippen molar-refractivity contribution in [3.63, 3.8) is 0 Å². The Balaban J connectivity index is 3.56. The van der Waals surface area contributed by atoms with Gasteiger partial charge in [-0.2, -0.15) is 4.39 Å². The van der Waals surface area contributed by atoms with Gasteiger partial charge in [0, 0.05) is 5.56 Å². The van der Waals surface area contributed by atoms with Crippen molar-refractivity contribution in [2.24, 2.45) is 0 Å². The van der Waals surface area contributed by atoms with E-state index in [-0.39, 0.29) is 10.4 Å². The number of hydrogen-bond acceptors (Lipinski definition) is 1. The molecule has 1 heterocycles. The summed E-state index contributed by atoms with van der Waals surface area (Å²) in [6.45, 7) is 7.45. The van der Waals surface area contributed by atoms with Crippen molar-refractivity contribution in [1.29, 1.82) is 0 Å². The van der Waals surface area contributed by atoms with Gasteiger partial charge in [-0.05, 0) is 12.3 Å². The van der Waals surface area contributed by atoms with Crippen molar-refractivity contribution in [1.82, 2.24) is 4.98 Å². The number of pyridine rings is 1. The summed E-state index contributed by atoms with van der Waals surface area (Å²) < 4.78 is 13.2. The monoisotopic (exact) mass is 235 g/mol. The van der Waals surface area contributed by atoms with Gasteiger partial charge in [0.15, 0.2) is 0 Å². The van der Waals surface area contributed by atoms with E-state index in [1.165, 1.54) is 0 Å². The maximum atomic E-state index is 13.2. The van der Waals surface area contributed by atoms with Crippen LogP contribution in [0.2, 0.25) is 10.0 Å². The van der Waals surface area contributed by atoms with Crippen LogP contribution < -0.4 is 0 Å². The molecule has 0 atom stereocenters. The van der Waals surface area contributed by atoms with E-state index in [1.807, 2.05) is 20.8 Å². The molecular weight excluding hydrogens is 224 g/mol. The van der Waals surface area contributed by atoms with Crippen LogP contribution in [-0.2, 0) is 5.41 Å². The van der Waals surface area contributed by atoms with Crippen molar-refractivity contribution in [2.45, 2.75) is 33.1 Å². The second-order valence-electron chi connectivity index (χ2n) is 4.24. The highest BCUT2D eigenvalue weighted by Gasteiger charge is 2.25. The fraction of sp³-hybridized carbons (Fsp3) is 0.500. The Morgan fingerprint density at radius 2 is 1.64 bits per heavy atom. The molecule has 0 aromatic carbocycles. The molecule has 78 valence electrons. The lowest BCUT2D eigenvalue weighted by molar-refractivity contribution is 0.549. The first kappa shape index (κ1) is 11.7. The highest BCUT2D eigenvalue weighted by molar-refractivity contribution is 6.36. The molecule has 1 nitrogen and oxygen atoms in total. The normalized spacial score (nSPS) is 11.9. The lowest BCUT2D eigenvalue weighted by Gasteiger charge is -2.22. The van der Waals surface area contributed by atoms with Gasteiger partial charge < -0.3 is 0 Å². The number of aromatic nitrogens is 1. The van der Waals surface area contributed by atoms with Crippen molar-refractivity contribution in [3.05, 3.63) is 27.3 Å². The van der Waals surface area contributed by atoms with E-state index >= 15 is 0 Å². The van der Waals surface area contributed by atoms with Crippen LogP contribution in [0, 0.1) is 12.9 Å². The molecule has 0 amide bonds. The van der Waals surface area contributed by atoms with Crippen molar-refractivity contribution < 1.29 is 4.39 Å². The van der Waals surface area contributed by atoms with E-state index in [9.17, 15) is 4.39 Å². The molecule has 0 N–H and O–H groups in total. The summed E-state index contributed by atoms with van der Waals surface area (Å²) in [7, 11) is 0. The predicted molar refractivity (Wildman–Crippen MR) is 57.7 cm³/mol. The van der Waals surface area contributed by atoms with Crippen LogP contribution in [0.4, 0.5) is 4.39 Å². The van der Waals surface area contributed by atoms with Crippen LogP contribution in [0.5, 0.6) is 0 Å². The molecule has 0 aliphatic carbocycles. The van der Waals surface area contributed by atoms with Gasteiger partial charge in [0.25, 0.3) is 0 Å². The maximum Gasteiger partial charge on any atom is 0.232 e. The minimum absolute atomic E-state index is 0.0214. The molecule has 0 aliphatic rings. The highest BCUT2D eigenvalue weighted by atomic mass is 35.5. The summed E-state index contributed by atoms with van der Waals surface area (Å²) in [6.07, 6.45) is 0. The summed E-state index contributed by atoms with van der Waals surface area (Å²) in [6, 6.07) is 0. The zero-order valence-corrected chi connectivity index (χ0v) is 10.1. The molecule has 0 fully saturated rings. The molecule has 14 heavy (non-hydrogen) atoms. The molecule has 0 aliphatic heterocycles. The van der Waals surface area contributed by atoms with Gasteiger partial charge in [0.1, 0.15) is 5.02 Å². The first-order chi connectivity index (χ1) is 6.25. The van der Waals surface area contributed by atoms with Crippen molar-refractivity contribution in [2.75, 3.05) is 0 Å². The predicted octanol–water partition coefficient (Wildman–Crippen LogP) is 4.13. The lowest BCUT2D eigenvalue weighted by Crippen LogP contribution is -2.15. The zero-order valence-electron chi connectivity index (χ0n) is 8.58. The molecule has 0 unspecified atom stereocenters. The molecule has 1 aromatic rings. The molecule has 1 aromatic heterocycles. The first-order valence-electron chi connectivity index (χ1n) is 4.26. The summed E-state index contributed by atoms with van der Waals surface area (Å²) in [5.74, 6) is -0.654. The van der Waals surface area contributed by atoms with Gasteiger partial charge in [0.05, 0.1) is 10.7 Å². The number of rotatable bonds is 0. The average molecular weight is 236 g/mol. The maximum absolute atomic E-state index is 13.2. The topological polar surface area (TPSA) is 12.9 Å². The third-order valence-corrected chi connectivity index (χ3v) is 2.76. The zero-order chi connectivity index (χ0) is 11.1. The summed E-state index contributed by atoms with van der Waals surface area (Å²) in [5, 5.41) is 0.469. The second kappa shape index (κ2) is 3.67. The van der Waals surface area contributed by atoms with Gasteiger partial charge >= 0.3 is 0 Å². The lowest BCUT2D eigenvalue weighted by atomic mass is 9.87. The molecule has 0 bridgehead atoms. The third kappa shape index (κ3) is 2.01. The third-order valence-electron chi connectivity index (χ3n) is 1.95. The summed E-state index contributed by atoms with van der Waals surface area (Å²) in [4.78, 5) is 3.62. The molecule has 1 rings (SSSR count). The molecule has 0 spiro atoms. The number of halogens is 3. The van der Waals surface area contributed by atoms with E-state index in [1.54, 1.807) is 6.92 Å².